The lowest BCUT2D eigenvalue weighted by atomic mass is 9.94. The molecule has 2 nitrogen and oxygen atoms in total. The van der Waals surface area contributed by atoms with E-state index in [-0.39, 0.29) is 0 Å². The van der Waals surface area contributed by atoms with Gasteiger partial charge in [-0.3, -0.25) is 0 Å². The highest BCUT2D eigenvalue weighted by Gasteiger charge is 2.15. The largest absolute Gasteiger partial charge is 0.456 e. The highest BCUT2D eigenvalue weighted by atomic mass is 16.3. The Balaban J connectivity index is 2.13. The van der Waals surface area contributed by atoms with Crippen LogP contribution in [0.1, 0.15) is 0 Å². The van der Waals surface area contributed by atoms with E-state index >= 15 is 0 Å². The van der Waals surface area contributed by atoms with Crippen LogP contribution in [0.5, 0.6) is 0 Å². The number of furan rings is 2. The first kappa shape index (κ1) is 11.0. The quantitative estimate of drug-likeness (QED) is 0.401. The molecule has 3 heteroatoms. The third-order valence-electron chi connectivity index (χ3n) is 4.20. The summed E-state index contributed by atoms with van der Waals surface area (Å²) >= 11 is 0. The van der Waals surface area contributed by atoms with Gasteiger partial charge in [0.05, 0.1) is 5.39 Å². The van der Waals surface area contributed by atoms with Crippen molar-refractivity contribution in [2.24, 2.45) is 0 Å². The van der Waals surface area contributed by atoms with Gasteiger partial charge in [-0.15, -0.1) is 0 Å². The van der Waals surface area contributed by atoms with Crippen molar-refractivity contribution in [1.29, 1.82) is 0 Å². The standard InChI is InChI=1S/C18H11BO2/c19-13-6-3-5-10-11-8-9-15-16(18(11)21-17(10)13)12-4-1-2-7-14(12)20-15/h1-9H,19H2. The molecule has 0 bridgehead atoms. The molecule has 0 aliphatic heterocycles. The van der Waals surface area contributed by atoms with Crippen molar-refractivity contribution in [2.45, 2.75) is 0 Å². The molecular formula is C18H11BO2. The lowest BCUT2D eigenvalue weighted by Crippen LogP contribution is -2.00. The van der Waals surface area contributed by atoms with Crippen molar-refractivity contribution in [2.75, 3.05) is 0 Å². The Morgan fingerprint density at radius 3 is 2.38 bits per heavy atom. The minimum absolute atomic E-state index is 0.875. The second-order valence-corrected chi connectivity index (χ2v) is 5.47. The molecule has 0 fully saturated rings. The molecule has 98 valence electrons. The first-order chi connectivity index (χ1) is 10.3. The Morgan fingerprint density at radius 2 is 1.43 bits per heavy atom. The molecule has 0 unspecified atom stereocenters. The molecule has 0 aliphatic carbocycles. The predicted molar refractivity (Wildman–Crippen MR) is 89.2 cm³/mol. The number of para-hydroxylation sites is 2. The van der Waals surface area contributed by atoms with Crippen LogP contribution in [-0.2, 0) is 0 Å². The summed E-state index contributed by atoms with van der Waals surface area (Å²) in [6.07, 6.45) is 0. The molecule has 2 heterocycles. The van der Waals surface area contributed by atoms with E-state index in [1.807, 2.05) is 24.3 Å². The Labute approximate surface area is 121 Å². The highest BCUT2D eigenvalue weighted by molar-refractivity contribution is 6.39. The van der Waals surface area contributed by atoms with Crippen molar-refractivity contribution in [3.63, 3.8) is 0 Å². The van der Waals surface area contributed by atoms with Gasteiger partial charge in [-0.25, -0.2) is 0 Å². The average Bonchev–Trinajstić information content (AvgIpc) is 3.05. The van der Waals surface area contributed by atoms with Crippen molar-refractivity contribution in [1.82, 2.24) is 0 Å². The van der Waals surface area contributed by atoms with Gasteiger partial charge in [0.15, 0.2) is 0 Å². The molecule has 0 saturated heterocycles. The van der Waals surface area contributed by atoms with Crippen LogP contribution in [0.15, 0.2) is 63.4 Å². The molecule has 5 aromatic rings. The molecule has 21 heavy (non-hydrogen) atoms. The second-order valence-electron chi connectivity index (χ2n) is 5.47. The second kappa shape index (κ2) is 3.70. The van der Waals surface area contributed by atoms with Gasteiger partial charge in [0, 0.05) is 16.2 Å². The van der Waals surface area contributed by atoms with E-state index in [1.165, 1.54) is 0 Å². The summed E-state index contributed by atoms with van der Waals surface area (Å²) in [4.78, 5) is 0. The van der Waals surface area contributed by atoms with Crippen LogP contribution < -0.4 is 5.46 Å². The molecule has 0 amide bonds. The van der Waals surface area contributed by atoms with E-state index in [0.717, 1.165) is 49.3 Å². The van der Waals surface area contributed by atoms with Gasteiger partial charge in [0.25, 0.3) is 0 Å². The first-order valence-corrected chi connectivity index (χ1v) is 7.05. The molecule has 0 radical (unpaired) electrons. The van der Waals surface area contributed by atoms with E-state index in [4.69, 9.17) is 8.83 Å². The zero-order chi connectivity index (χ0) is 14.0. The third-order valence-corrected chi connectivity index (χ3v) is 4.20. The van der Waals surface area contributed by atoms with Crippen LogP contribution in [-0.4, -0.2) is 7.85 Å². The fourth-order valence-electron chi connectivity index (χ4n) is 3.21. The normalized spacial score (nSPS) is 12.0. The molecule has 3 aromatic carbocycles. The maximum atomic E-state index is 6.20. The SMILES string of the molecule is Bc1cccc2c1oc1c2ccc2oc3ccccc3c21. The maximum absolute atomic E-state index is 6.20. The monoisotopic (exact) mass is 270 g/mol. The smallest absolute Gasteiger partial charge is 0.147 e. The van der Waals surface area contributed by atoms with Crippen LogP contribution in [0.3, 0.4) is 0 Å². The lowest BCUT2D eigenvalue weighted by molar-refractivity contribution is 0.663. The summed E-state index contributed by atoms with van der Waals surface area (Å²) < 4.78 is 12.1. The molecule has 0 spiro atoms. The van der Waals surface area contributed by atoms with Crippen LogP contribution in [0.2, 0.25) is 0 Å². The molecule has 2 aromatic heterocycles. The fraction of sp³-hybridized carbons (Fsp3) is 0. The Morgan fingerprint density at radius 1 is 0.619 bits per heavy atom. The van der Waals surface area contributed by atoms with Gasteiger partial charge < -0.3 is 8.83 Å². The zero-order valence-electron chi connectivity index (χ0n) is 11.5. The third kappa shape index (κ3) is 1.33. The summed E-state index contributed by atoms with van der Waals surface area (Å²) in [7, 11) is 2.08. The van der Waals surface area contributed by atoms with Gasteiger partial charge in [-0.05, 0) is 23.7 Å². The van der Waals surface area contributed by atoms with Crippen LogP contribution in [0, 0.1) is 0 Å². The highest BCUT2D eigenvalue weighted by Crippen LogP contribution is 2.38. The number of hydrogen-bond acceptors (Lipinski definition) is 2. The van der Waals surface area contributed by atoms with Gasteiger partial charge in [-0.2, -0.15) is 0 Å². The van der Waals surface area contributed by atoms with E-state index in [1.54, 1.807) is 0 Å². The average molecular weight is 270 g/mol. The van der Waals surface area contributed by atoms with Crippen molar-refractivity contribution < 1.29 is 8.83 Å². The number of rotatable bonds is 0. The van der Waals surface area contributed by atoms with E-state index in [0.29, 0.717) is 0 Å². The van der Waals surface area contributed by atoms with Gasteiger partial charge in [-0.1, -0.05) is 36.4 Å². The van der Waals surface area contributed by atoms with Crippen LogP contribution >= 0.6 is 0 Å². The van der Waals surface area contributed by atoms with Crippen LogP contribution in [0.25, 0.3) is 43.9 Å². The number of fused-ring (bicyclic) bond motifs is 7. The van der Waals surface area contributed by atoms with Gasteiger partial charge in [0.1, 0.15) is 30.2 Å². The summed E-state index contributed by atoms with van der Waals surface area (Å²) in [6, 6.07) is 18.5. The van der Waals surface area contributed by atoms with Crippen molar-refractivity contribution in [3.05, 3.63) is 54.6 Å². The first-order valence-electron chi connectivity index (χ1n) is 7.05. The molecule has 0 aliphatic rings. The summed E-state index contributed by atoms with van der Waals surface area (Å²) in [5.74, 6) is 0. The molecular weight excluding hydrogens is 259 g/mol. The van der Waals surface area contributed by atoms with Crippen molar-refractivity contribution >= 4 is 57.2 Å². The van der Waals surface area contributed by atoms with Gasteiger partial charge >= 0.3 is 0 Å². The molecule has 5 rings (SSSR count). The molecule has 0 atom stereocenters. The summed E-state index contributed by atoms with van der Waals surface area (Å²) in [6.45, 7) is 0. The van der Waals surface area contributed by atoms with E-state index in [2.05, 4.69) is 38.2 Å². The molecule has 0 saturated carbocycles. The Kier molecular flexibility index (Phi) is 1.94. The number of benzene rings is 3. The topological polar surface area (TPSA) is 26.3 Å². The Bertz CT molecular complexity index is 1150. The minimum atomic E-state index is 0.875. The fourth-order valence-corrected chi connectivity index (χ4v) is 3.21. The van der Waals surface area contributed by atoms with Crippen molar-refractivity contribution in [3.8, 4) is 0 Å². The lowest BCUT2D eigenvalue weighted by Gasteiger charge is -1.91. The van der Waals surface area contributed by atoms with Gasteiger partial charge in [0.2, 0.25) is 0 Å². The van der Waals surface area contributed by atoms with Crippen LogP contribution in [0.4, 0.5) is 0 Å². The Hall–Kier alpha value is -2.68. The van der Waals surface area contributed by atoms with E-state index in [9.17, 15) is 0 Å². The van der Waals surface area contributed by atoms with E-state index < -0.39 is 0 Å². The summed E-state index contributed by atoms with van der Waals surface area (Å²) in [5, 5.41) is 4.48. The number of hydrogen-bond donors (Lipinski definition) is 0. The maximum Gasteiger partial charge on any atom is 0.147 e. The summed E-state index contributed by atoms with van der Waals surface area (Å²) in [5.41, 5.74) is 4.81. The predicted octanol–water partition coefficient (Wildman–Crippen LogP) is 3.74. The zero-order valence-corrected chi connectivity index (χ0v) is 11.5. The minimum Gasteiger partial charge on any atom is -0.456 e. The molecule has 0 N–H and O–H groups in total.